The quantitative estimate of drug-likeness (QED) is 0.335. The van der Waals surface area contributed by atoms with E-state index in [0.29, 0.717) is 45.8 Å². The molecule has 0 fully saturated rings. The molecule has 0 unspecified atom stereocenters. The van der Waals surface area contributed by atoms with Gasteiger partial charge in [0.25, 0.3) is 11.8 Å². The molecule has 26 heavy (non-hydrogen) atoms. The van der Waals surface area contributed by atoms with Gasteiger partial charge in [0.2, 0.25) is 5.91 Å². The van der Waals surface area contributed by atoms with E-state index in [4.69, 9.17) is 9.47 Å². The van der Waals surface area contributed by atoms with Crippen LogP contribution in [0.2, 0.25) is 0 Å². The van der Waals surface area contributed by atoms with E-state index in [1.165, 1.54) is 12.2 Å². The third-order valence-electron chi connectivity index (χ3n) is 3.74. The van der Waals surface area contributed by atoms with E-state index < -0.39 is 11.8 Å². The molecule has 0 aromatic carbocycles. The van der Waals surface area contributed by atoms with Crippen molar-refractivity contribution in [2.75, 3.05) is 39.5 Å². The summed E-state index contributed by atoms with van der Waals surface area (Å²) in [6.45, 7) is 4.01. The van der Waals surface area contributed by atoms with Gasteiger partial charge in [-0.2, -0.15) is 0 Å². The van der Waals surface area contributed by atoms with Crippen molar-refractivity contribution in [1.29, 1.82) is 0 Å². The first-order chi connectivity index (χ1) is 12.5. The van der Waals surface area contributed by atoms with Crippen LogP contribution >= 0.6 is 0 Å². The normalized spacial score (nSPS) is 13.5. The van der Waals surface area contributed by atoms with Gasteiger partial charge in [0.05, 0.1) is 26.4 Å². The van der Waals surface area contributed by atoms with E-state index >= 15 is 0 Å². The lowest BCUT2D eigenvalue weighted by atomic mass is 10.1. The molecule has 0 atom stereocenters. The Kier molecular flexibility index (Phi) is 11.1. The van der Waals surface area contributed by atoms with Crippen LogP contribution < -0.4 is 5.32 Å². The number of carbonyl (C=O) groups is 4. The number of ketones is 1. The standard InChI is InChI=1S/C18H28N2O6/c1-2-3-4-15(21)8-11-25-13-14-26-12-9-19-16(22)7-10-20-17(23)5-6-18(20)24/h5-6H,2-4,7-14H2,1H3,(H,19,22). The molecule has 1 rings (SSSR count). The van der Waals surface area contributed by atoms with E-state index in [1.54, 1.807) is 0 Å². The maximum atomic E-state index is 11.6. The molecule has 1 heterocycles. The molecule has 1 aliphatic rings. The van der Waals surface area contributed by atoms with Gasteiger partial charge in [-0.3, -0.25) is 24.1 Å². The highest BCUT2D eigenvalue weighted by atomic mass is 16.5. The number of Topliss-reactive ketones (excluding diaryl/α,β-unsaturated/α-hetero) is 1. The summed E-state index contributed by atoms with van der Waals surface area (Å²) in [7, 11) is 0. The van der Waals surface area contributed by atoms with Crippen LogP contribution in [0.25, 0.3) is 0 Å². The van der Waals surface area contributed by atoms with Crippen molar-refractivity contribution in [2.45, 2.75) is 39.0 Å². The molecule has 8 heteroatoms. The van der Waals surface area contributed by atoms with E-state index in [0.717, 1.165) is 17.7 Å². The van der Waals surface area contributed by atoms with Crippen molar-refractivity contribution in [1.82, 2.24) is 10.2 Å². The molecule has 0 radical (unpaired) electrons. The topological polar surface area (TPSA) is 102 Å². The van der Waals surface area contributed by atoms with Gasteiger partial charge in [-0.05, 0) is 6.42 Å². The minimum absolute atomic E-state index is 0.0638. The smallest absolute Gasteiger partial charge is 0.253 e. The molecule has 0 aromatic heterocycles. The maximum absolute atomic E-state index is 11.6. The fourth-order valence-corrected chi connectivity index (χ4v) is 2.22. The van der Waals surface area contributed by atoms with Gasteiger partial charge in [0.1, 0.15) is 5.78 Å². The van der Waals surface area contributed by atoms with Crippen LogP contribution in [0.5, 0.6) is 0 Å². The molecule has 8 nitrogen and oxygen atoms in total. The molecule has 3 amide bonds. The summed E-state index contributed by atoms with van der Waals surface area (Å²) in [5.74, 6) is -0.803. The van der Waals surface area contributed by atoms with Crippen molar-refractivity contribution in [3.63, 3.8) is 0 Å². The largest absolute Gasteiger partial charge is 0.379 e. The summed E-state index contributed by atoms with van der Waals surface area (Å²) in [5.41, 5.74) is 0. The Morgan fingerprint density at radius 3 is 2.27 bits per heavy atom. The van der Waals surface area contributed by atoms with Crippen molar-refractivity contribution < 1.29 is 28.7 Å². The second-order valence-electron chi connectivity index (χ2n) is 5.88. The summed E-state index contributed by atoms with van der Waals surface area (Å²) in [4.78, 5) is 46.7. The summed E-state index contributed by atoms with van der Waals surface area (Å²) in [6, 6.07) is 0. The molecule has 1 N–H and O–H groups in total. The summed E-state index contributed by atoms with van der Waals surface area (Å²) in [6.07, 6.45) is 5.45. The highest BCUT2D eigenvalue weighted by Crippen LogP contribution is 2.03. The van der Waals surface area contributed by atoms with Crippen LogP contribution in [-0.4, -0.2) is 67.9 Å². The predicted octanol–water partition coefficient (Wildman–Crippen LogP) is 0.600. The van der Waals surface area contributed by atoms with E-state index in [9.17, 15) is 19.2 Å². The lowest BCUT2D eigenvalue weighted by Crippen LogP contribution is -2.35. The Labute approximate surface area is 153 Å². The maximum Gasteiger partial charge on any atom is 0.253 e. The first kappa shape index (κ1) is 22.0. The summed E-state index contributed by atoms with van der Waals surface area (Å²) < 4.78 is 10.6. The monoisotopic (exact) mass is 368 g/mol. The molecule has 0 bridgehead atoms. The number of nitrogens with zero attached hydrogens (tertiary/aromatic N) is 1. The van der Waals surface area contributed by atoms with Gasteiger partial charge >= 0.3 is 0 Å². The minimum Gasteiger partial charge on any atom is -0.379 e. The zero-order valence-electron chi connectivity index (χ0n) is 15.3. The molecular weight excluding hydrogens is 340 g/mol. The first-order valence-corrected chi connectivity index (χ1v) is 9.02. The van der Waals surface area contributed by atoms with Crippen LogP contribution in [0.15, 0.2) is 12.2 Å². The lowest BCUT2D eigenvalue weighted by molar-refractivity contribution is -0.137. The van der Waals surface area contributed by atoms with Crippen LogP contribution in [0, 0.1) is 0 Å². The lowest BCUT2D eigenvalue weighted by Gasteiger charge is -2.13. The molecule has 0 aliphatic carbocycles. The molecule has 0 spiro atoms. The SMILES string of the molecule is CCCCC(=O)CCOCCOCCNC(=O)CCN1C(=O)C=CC1=O. The number of ether oxygens (including phenoxy) is 2. The second kappa shape index (κ2) is 13.2. The van der Waals surface area contributed by atoms with E-state index in [2.05, 4.69) is 12.2 Å². The minimum atomic E-state index is -0.391. The number of imide groups is 1. The Balaban J connectivity index is 1.89. The van der Waals surface area contributed by atoms with Crippen molar-refractivity contribution in [3.05, 3.63) is 12.2 Å². The number of carbonyl (C=O) groups excluding carboxylic acids is 4. The highest BCUT2D eigenvalue weighted by molar-refractivity contribution is 6.13. The van der Waals surface area contributed by atoms with E-state index in [1.807, 2.05) is 0 Å². The van der Waals surface area contributed by atoms with Crippen LogP contribution in [0.3, 0.4) is 0 Å². The highest BCUT2D eigenvalue weighted by Gasteiger charge is 2.23. The summed E-state index contributed by atoms with van der Waals surface area (Å²) >= 11 is 0. The number of hydrogen-bond donors (Lipinski definition) is 1. The molecule has 0 saturated carbocycles. The predicted molar refractivity (Wildman–Crippen MR) is 94.3 cm³/mol. The van der Waals surface area contributed by atoms with Gasteiger partial charge in [-0.15, -0.1) is 0 Å². The van der Waals surface area contributed by atoms with Gasteiger partial charge in [-0.1, -0.05) is 13.3 Å². The number of unbranched alkanes of at least 4 members (excludes halogenated alkanes) is 1. The Morgan fingerprint density at radius 2 is 1.62 bits per heavy atom. The summed E-state index contributed by atoms with van der Waals surface area (Å²) in [5, 5.41) is 2.65. The zero-order valence-corrected chi connectivity index (χ0v) is 15.3. The molecule has 1 aliphatic heterocycles. The number of nitrogens with one attached hydrogen (secondary N) is 1. The molecule has 0 saturated heterocycles. The molecule has 146 valence electrons. The van der Waals surface area contributed by atoms with Crippen molar-refractivity contribution in [2.24, 2.45) is 0 Å². The fourth-order valence-electron chi connectivity index (χ4n) is 2.22. The van der Waals surface area contributed by atoms with Crippen LogP contribution in [-0.2, 0) is 28.7 Å². The average molecular weight is 368 g/mol. The zero-order chi connectivity index (χ0) is 19.2. The fraction of sp³-hybridized carbons (Fsp3) is 0.667. The number of amides is 3. The Morgan fingerprint density at radius 1 is 0.962 bits per heavy atom. The van der Waals surface area contributed by atoms with Gasteiger partial charge in [0, 0.05) is 44.5 Å². The molecular formula is C18H28N2O6. The van der Waals surface area contributed by atoms with E-state index in [-0.39, 0.29) is 24.7 Å². The first-order valence-electron chi connectivity index (χ1n) is 9.02. The van der Waals surface area contributed by atoms with Gasteiger partial charge in [0.15, 0.2) is 0 Å². The third kappa shape index (κ3) is 9.43. The van der Waals surface area contributed by atoms with Crippen LogP contribution in [0.4, 0.5) is 0 Å². The Bertz CT molecular complexity index is 500. The molecule has 0 aromatic rings. The third-order valence-corrected chi connectivity index (χ3v) is 3.74. The van der Waals surface area contributed by atoms with Gasteiger partial charge in [-0.25, -0.2) is 0 Å². The van der Waals surface area contributed by atoms with Crippen LogP contribution in [0.1, 0.15) is 39.0 Å². The van der Waals surface area contributed by atoms with Crippen molar-refractivity contribution in [3.8, 4) is 0 Å². The average Bonchev–Trinajstić information content (AvgIpc) is 2.94. The number of hydrogen-bond acceptors (Lipinski definition) is 6. The van der Waals surface area contributed by atoms with Crippen molar-refractivity contribution >= 4 is 23.5 Å². The number of rotatable bonds is 15. The Hall–Kier alpha value is -2.06. The second-order valence-corrected chi connectivity index (χ2v) is 5.88. The van der Waals surface area contributed by atoms with Gasteiger partial charge < -0.3 is 14.8 Å².